The van der Waals surface area contributed by atoms with Gasteiger partial charge in [-0.25, -0.2) is 4.98 Å². The second-order valence-corrected chi connectivity index (χ2v) is 14.2. The first-order chi connectivity index (χ1) is 26.3. The predicted octanol–water partition coefficient (Wildman–Crippen LogP) is 13.4. The molecule has 10 rings (SSSR count). The van der Waals surface area contributed by atoms with Gasteiger partial charge in [-0.3, -0.25) is 4.57 Å². The van der Waals surface area contributed by atoms with Crippen LogP contribution in [0.3, 0.4) is 0 Å². The quantitative estimate of drug-likeness (QED) is 0.160. The Morgan fingerprint density at radius 3 is 1.64 bits per heavy atom. The summed E-state index contributed by atoms with van der Waals surface area (Å²) in [5, 5.41) is 5.04. The van der Waals surface area contributed by atoms with Gasteiger partial charge in [-0.05, 0) is 98.0 Å². The van der Waals surface area contributed by atoms with E-state index in [1.165, 1.54) is 71.9 Å². The summed E-state index contributed by atoms with van der Waals surface area (Å²) >= 11 is 0. The van der Waals surface area contributed by atoms with Crippen molar-refractivity contribution in [2.45, 2.75) is 25.2 Å². The summed E-state index contributed by atoms with van der Waals surface area (Å²) in [6.07, 6.45) is 16.4. The van der Waals surface area contributed by atoms with Gasteiger partial charge >= 0.3 is 0 Å². The third kappa shape index (κ3) is 5.55. The molecule has 2 heteroatoms. The fourth-order valence-electron chi connectivity index (χ4n) is 8.40. The first-order valence-corrected chi connectivity index (χ1v) is 18.7. The van der Waals surface area contributed by atoms with Crippen LogP contribution in [0.2, 0.25) is 0 Å². The van der Waals surface area contributed by atoms with Crippen molar-refractivity contribution in [1.82, 2.24) is 9.55 Å². The van der Waals surface area contributed by atoms with Gasteiger partial charge in [-0.2, -0.15) is 0 Å². The highest BCUT2D eigenvalue weighted by molar-refractivity contribution is 6.21. The zero-order chi connectivity index (χ0) is 35.1. The minimum atomic E-state index is 0.430. The van der Waals surface area contributed by atoms with Crippen LogP contribution in [0.4, 0.5) is 0 Å². The van der Waals surface area contributed by atoms with Crippen molar-refractivity contribution in [3.05, 3.63) is 199 Å². The Kier molecular flexibility index (Phi) is 7.80. The van der Waals surface area contributed by atoms with Crippen molar-refractivity contribution >= 4 is 27.6 Å². The van der Waals surface area contributed by atoms with E-state index in [4.69, 9.17) is 4.98 Å². The SMILES string of the molecule is C1=CCC(c2ccc(-c3nc4c(n3-c3ccc(-c5c6ccccc6c(-c6ccc(-c7ccccc7)cc6)c6ccccc56)cc3)C=CCC4)cc2)C=C1. The van der Waals surface area contributed by atoms with Crippen molar-refractivity contribution in [2.75, 3.05) is 0 Å². The third-order valence-corrected chi connectivity index (χ3v) is 11.0. The molecule has 252 valence electrons. The molecule has 1 unspecified atom stereocenters. The Morgan fingerprint density at radius 1 is 0.491 bits per heavy atom. The van der Waals surface area contributed by atoms with E-state index in [2.05, 4.69) is 193 Å². The van der Waals surface area contributed by atoms with Crippen LogP contribution in [-0.2, 0) is 6.42 Å². The Bertz CT molecular complexity index is 2650. The monoisotopic (exact) mass is 678 g/mol. The van der Waals surface area contributed by atoms with E-state index in [1.807, 2.05) is 0 Å². The molecule has 0 aliphatic heterocycles. The Hall–Kier alpha value is -6.51. The van der Waals surface area contributed by atoms with Crippen molar-refractivity contribution < 1.29 is 0 Å². The fraction of sp³-hybridized carbons (Fsp3) is 0.0784. The maximum atomic E-state index is 5.25. The molecule has 1 heterocycles. The molecule has 2 nitrogen and oxygen atoms in total. The summed E-state index contributed by atoms with van der Waals surface area (Å²) in [7, 11) is 0. The summed E-state index contributed by atoms with van der Waals surface area (Å²) in [4.78, 5) is 5.25. The van der Waals surface area contributed by atoms with Crippen molar-refractivity contribution in [3.63, 3.8) is 0 Å². The van der Waals surface area contributed by atoms with Crippen LogP contribution in [0.1, 0.15) is 35.7 Å². The molecule has 8 aromatic rings. The van der Waals surface area contributed by atoms with Gasteiger partial charge in [-0.15, -0.1) is 0 Å². The van der Waals surface area contributed by atoms with Crippen LogP contribution in [0.25, 0.3) is 78.1 Å². The lowest BCUT2D eigenvalue weighted by atomic mass is 9.85. The third-order valence-electron chi connectivity index (χ3n) is 11.0. The van der Waals surface area contributed by atoms with Crippen LogP contribution in [-0.4, -0.2) is 9.55 Å². The molecular weight excluding hydrogens is 641 g/mol. The highest BCUT2D eigenvalue weighted by Gasteiger charge is 2.21. The lowest BCUT2D eigenvalue weighted by Crippen LogP contribution is -2.02. The van der Waals surface area contributed by atoms with Gasteiger partial charge in [0, 0.05) is 17.2 Å². The number of imidazole rings is 1. The number of rotatable bonds is 6. The number of allylic oxidation sites excluding steroid dienone is 5. The van der Waals surface area contributed by atoms with E-state index in [0.29, 0.717) is 5.92 Å². The molecule has 0 amide bonds. The molecule has 0 radical (unpaired) electrons. The maximum absolute atomic E-state index is 5.25. The molecule has 1 aromatic heterocycles. The number of benzene rings is 7. The molecule has 0 fully saturated rings. The molecular formula is C51H38N2. The van der Waals surface area contributed by atoms with Crippen molar-refractivity contribution in [3.8, 4) is 50.5 Å². The first kappa shape index (κ1) is 31.2. The van der Waals surface area contributed by atoms with Crippen molar-refractivity contribution in [2.24, 2.45) is 0 Å². The fourth-order valence-corrected chi connectivity index (χ4v) is 8.40. The summed E-state index contributed by atoms with van der Waals surface area (Å²) < 4.78 is 2.35. The molecule has 0 N–H and O–H groups in total. The van der Waals surface area contributed by atoms with E-state index >= 15 is 0 Å². The molecule has 0 saturated heterocycles. The summed E-state index contributed by atoms with van der Waals surface area (Å²) in [5.74, 6) is 1.43. The summed E-state index contributed by atoms with van der Waals surface area (Å²) in [6.45, 7) is 0. The van der Waals surface area contributed by atoms with E-state index in [0.717, 1.165) is 36.3 Å². The first-order valence-electron chi connectivity index (χ1n) is 18.7. The molecule has 2 aliphatic rings. The van der Waals surface area contributed by atoms with E-state index < -0.39 is 0 Å². The lowest BCUT2D eigenvalue weighted by molar-refractivity contribution is 0.854. The second kappa shape index (κ2) is 13.2. The Morgan fingerprint density at radius 2 is 1.04 bits per heavy atom. The normalized spacial score (nSPS) is 14.9. The Labute approximate surface area is 310 Å². The van der Waals surface area contributed by atoms with Gasteiger partial charge in [0.25, 0.3) is 0 Å². The van der Waals surface area contributed by atoms with Gasteiger partial charge < -0.3 is 0 Å². The zero-order valence-corrected chi connectivity index (χ0v) is 29.5. The smallest absolute Gasteiger partial charge is 0.145 e. The van der Waals surface area contributed by atoms with Gasteiger partial charge in [0.15, 0.2) is 0 Å². The number of hydrogen-bond donors (Lipinski definition) is 0. The second-order valence-electron chi connectivity index (χ2n) is 14.2. The average molecular weight is 679 g/mol. The number of fused-ring (bicyclic) bond motifs is 3. The van der Waals surface area contributed by atoms with E-state index in [1.54, 1.807) is 0 Å². The molecule has 7 aromatic carbocycles. The standard InChI is InChI=1S/C51H38N2/c1-3-13-35(14-4-1)37-23-27-39(28-24-37)49-43-17-7-9-19-45(43)50(46-20-10-8-18-44(46)49)40-31-33-42(34-32-40)53-48-22-12-11-21-47(48)52-51(53)41-29-25-38(26-30-41)36-15-5-2-6-16-36/h1-10,12-15,17-20,22-34,36H,11,16,21H2. The van der Waals surface area contributed by atoms with E-state index in [9.17, 15) is 0 Å². The highest BCUT2D eigenvalue weighted by Crippen LogP contribution is 2.44. The van der Waals surface area contributed by atoms with Gasteiger partial charge in [-0.1, -0.05) is 170 Å². The minimum Gasteiger partial charge on any atom is -0.293 e. The molecule has 0 bridgehead atoms. The average Bonchev–Trinajstić information content (AvgIpc) is 3.63. The number of aryl methyl sites for hydroxylation is 1. The van der Waals surface area contributed by atoms with Crippen LogP contribution in [0.5, 0.6) is 0 Å². The largest absolute Gasteiger partial charge is 0.293 e. The number of nitrogens with zero attached hydrogens (tertiary/aromatic N) is 2. The van der Waals surface area contributed by atoms with Gasteiger partial charge in [0.1, 0.15) is 5.82 Å². The predicted molar refractivity (Wildman–Crippen MR) is 223 cm³/mol. The van der Waals surface area contributed by atoms with Crippen LogP contribution in [0, 0.1) is 0 Å². The number of hydrogen-bond acceptors (Lipinski definition) is 1. The molecule has 2 aliphatic carbocycles. The van der Waals surface area contributed by atoms with Gasteiger partial charge in [0.05, 0.1) is 11.4 Å². The van der Waals surface area contributed by atoms with Crippen LogP contribution < -0.4 is 0 Å². The van der Waals surface area contributed by atoms with E-state index in [-0.39, 0.29) is 0 Å². The molecule has 53 heavy (non-hydrogen) atoms. The van der Waals surface area contributed by atoms with Crippen LogP contribution in [0.15, 0.2) is 182 Å². The molecule has 1 atom stereocenters. The highest BCUT2D eigenvalue weighted by atomic mass is 15.1. The lowest BCUT2D eigenvalue weighted by Gasteiger charge is -2.19. The van der Waals surface area contributed by atoms with Crippen molar-refractivity contribution in [1.29, 1.82) is 0 Å². The molecule has 0 spiro atoms. The van der Waals surface area contributed by atoms with Gasteiger partial charge in [0.2, 0.25) is 0 Å². The molecule has 0 saturated carbocycles. The topological polar surface area (TPSA) is 17.8 Å². The minimum absolute atomic E-state index is 0.430. The maximum Gasteiger partial charge on any atom is 0.145 e. The summed E-state index contributed by atoms with van der Waals surface area (Å²) in [5.41, 5.74) is 13.4. The summed E-state index contributed by atoms with van der Waals surface area (Å²) in [6, 6.07) is 55.6. The Balaban J connectivity index is 1.07. The van der Waals surface area contributed by atoms with Crippen LogP contribution >= 0.6 is 0 Å². The number of aromatic nitrogens is 2. The zero-order valence-electron chi connectivity index (χ0n) is 29.5.